The summed E-state index contributed by atoms with van der Waals surface area (Å²) in [6.45, 7) is 0.367. The molecule has 20 heavy (non-hydrogen) atoms. The van der Waals surface area contributed by atoms with E-state index < -0.39 is 10.0 Å². The predicted octanol–water partition coefficient (Wildman–Crippen LogP) is 2.23. The lowest BCUT2D eigenvalue weighted by Gasteiger charge is -2.17. The number of nitrogens with two attached hydrogens (primary N) is 1. The van der Waals surface area contributed by atoms with Gasteiger partial charge in [0.15, 0.2) is 0 Å². The summed E-state index contributed by atoms with van der Waals surface area (Å²) < 4.78 is 26.0. The fourth-order valence-corrected chi connectivity index (χ4v) is 3.11. The van der Waals surface area contributed by atoms with Crippen LogP contribution in [0.25, 0.3) is 0 Å². The summed E-state index contributed by atoms with van der Waals surface area (Å²) in [5.74, 6) is -0.0403. The largest absolute Gasteiger partial charge is 0.399 e. The quantitative estimate of drug-likeness (QED) is 0.859. The number of nitrogen functional groups attached to an aromatic ring is 1. The monoisotopic (exact) mass is 290 g/mol. The molecule has 0 aliphatic heterocycles. The second-order valence-electron chi connectivity index (χ2n) is 4.74. The van der Waals surface area contributed by atoms with E-state index >= 15 is 0 Å². The molecule has 0 unspecified atom stereocenters. The van der Waals surface area contributed by atoms with Crippen LogP contribution in [0.1, 0.15) is 11.1 Å². The van der Waals surface area contributed by atoms with Gasteiger partial charge >= 0.3 is 0 Å². The maximum Gasteiger partial charge on any atom is 0.218 e. The molecule has 0 aliphatic rings. The minimum absolute atomic E-state index is 0.0403. The fraction of sp³-hybridized carbons (Fsp3) is 0.200. The Hall–Kier alpha value is -1.85. The molecule has 0 bridgehead atoms. The Morgan fingerprint density at radius 3 is 2.30 bits per heavy atom. The zero-order chi connectivity index (χ0) is 14.6. The minimum Gasteiger partial charge on any atom is -0.399 e. The van der Waals surface area contributed by atoms with Gasteiger partial charge in [-0.3, -0.25) is 0 Å². The highest BCUT2D eigenvalue weighted by molar-refractivity contribution is 7.88. The molecule has 2 N–H and O–H groups in total. The molecule has 0 saturated carbocycles. The molecule has 4 nitrogen and oxygen atoms in total. The van der Waals surface area contributed by atoms with Gasteiger partial charge in [-0.2, -0.15) is 0 Å². The topological polar surface area (TPSA) is 63.4 Å². The lowest BCUT2D eigenvalue weighted by Crippen LogP contribution is -2.27. The Balaban J connectivity index is 2.10. The van der Waals surface area contributed by atoms with Crippen LogP contribution in [0, 0.1) is 0 Å². The number of hydrogen-bond donors (Lipinski definition) is 1. The molecule has 0 saturated heterocycles. The molecule has 0 radical (unpaired) electrons. The van der Waals surface area contributed by atoms with E-state index in [9.17, 15) is 8.42 Å². The molecule has 0 aromatic heterocycles. The maximum atomic E-state index is 12.3. The number of rotatable bonds is 5. The summed E-state index contributed by atoms with van der Waals surface area (Å²) in [6.07, 6.45) is 0. The first kappa shape index (κ1) is 14.6. The van der Waals surface area contributed by atoms with Gasteiger partial charge in [0.25, 0.3) is 0 Å². The zero-order valence-corrected chi connectivity index (χ0v) is 12.2. The normalized spacial score (nSPS) is 11.7. The molecular weight excluding hydrogens is 272 g/mol. The number of nitrogens with zero attached hydrogens (tertiary/aromatic N) is 1. The van der Waals surface area contributed by atoms with E-state index in [-0.39, 0.29) is 5.75 Å². The van der Waals surface area contributed by atoms with Crippen molar-refractivity contribution in [2.75, 3.05) is 12.8 Å². The maximum absolute atomic E-state index is 12.3. The molecule has 106 valence electrons. The summed E-state index contributed by atoms with van der Waals surface area (Å²) in [6, 6.07) is 16.5. The third-order valence-corrected chi connectivity index (χ3v) is 4.80. The first-order valence-corrected chi connectivity index (χ1v) is 7.91. The number of hydrogen-bond acceptors (Lipinski definition) is 3. The Labute approximate surface area is 119 Å². The van der Waals surface area contributed by atoms with E-state index in [0.717, 1.165) is 5.56 Å². The van der Waals surface area contributed by atoms with Crippen LogP contribution in [0.3, 0.4) is 0 Å². The van der Waals surface area contributed by atoms with Crippen LogP contribution in [0.4, 0.5) is 5.69 Å². The number of benzene rings is 2. The van der Waals surface area contributed by atoms with Crippen molar-refractivity contribution in [1.82, 2.24) is 4.31 Å². The summed E-state index contributed by atoms with van der Waals surface area (Å²) in [4.78, 5) is 0. The highest BCUT2D eigenvalue weighted by Gasteiger charge is 2.18. The van der Waals surface area contributed by atoms with E-state index in [1.54, 1.807) is 31.3 Å². The van der Waals surface area contributed by atoms with Crippen LogP contribution < -0.4 is 5.73 Å². The molecule has 0 spiro atoms. The SMILES string of the molecule is CN(Cc1ccccc1)S(=O)(=O)Cc1cccc(N)c1. The van der Waals surface area contributed by atoms with Crippen LogP contribution in [0.5, 0.6) is 0 Å². The van der Waals surface area contributed by atoms with Gasteiger partial charge in [0, 0.05) is 19.3 Å². The lowest BCUT2D eigenvalue weighted by molar-refractivity contribution is 0.466. The molecule has 2 rings (SSSR count). The van der Waals surface area contributed by atoms with Crippen molar-refractivity contribution in [2.24, 2.45) is 0 Å². The zero-order valence-electron chi connectivity index (χ0n) is 11.4. The van der Waals surface area contributed by atoms with Crippen molar-refractivity contribution in [2.45, 2.75) is 12.3 Å². The van der Waals surface area contributed by atoms with Gasteiger partial charge in [-0.05, 0) is 23.3 Å². The molecule has 2 aromatic carbocycles. The second kappa shape index (κ2) is 6.07. The summed E-state index contributed by atoms with van der Waals surface area (Å²) in [5.41, 5.74) is 7.90. The van der Waals surface area contributed by atoms with Crippen molar-refractivity contribution in [3.63, 3.8) is 0 Å². The van der Waals surface area contributed by atoms with Gasteiger partial charge in [-0.25, -0.2) is 12.7 Å². The summed E-state index contributed by atoms with van der Waals surface area (Å²) in [5, 5.41) is 0. The van der Waals surface area contributed by atoms with Crippen molar-refractivity contribution in [3.8, 4) is 0 Å². The molecule has 2 aromatic rings. The van der Waals surface area contributed by atoms with E-state index in [2.05, 4.69) is 0 Å². The molecule has 0 aliphatic carbocycles. The first-order chi connectivity index (χ1) is 9.47. The van der Waals surface area contributed by atoms with Crippen molar-refractivity contribution in [3.05, 3.63) is 65.7 Å². The predicted molar refractivity (Wildman–Crippen MR) is 81.4 cm³/mol. The Morgan fingerprint density at radius 2 is 1.65 bits per heavy atom. The van der Waals surface area contributed by atoms with E-state index in [4.69, 9.17) is 5.73 Å². The highest BCUT2D eigenvalue weighted by atomic mass is 32.2. The van der Waals surface area contributed by atoms with Gasteiger partial charge in [0.2, 0.25) is 10.0 Å². The second-order valence-corrected chi connectivity index (χ2v) is 6.82. The lowest BCUT2D eigenvalue weighted by atomic mass is 10.2. The van der Waals surface area contributed by atoms with Crippen LogP contribution in [-0.2, 0) is 22.3 Å². The van der Waals surface area contributed by atoms with Crippen LogP contribution in [0.2, 0.25) is 0 Å². The molecule has 5 heteroatoms. The molecule has 0 fully saturated rings. The van der Waals surface area contributed by atoms with Gasteiger partial charge in [0.05, 0.1) is 5.75 Å². The van der Waals surface area contributed by atoms with Crippen molar-refractivity contribution in [1.29, 1.82) is 0 Å². The molecule has 0 heterocycles. The average molecular weight is 290 g/mol. The smallest absolute Gasteiger partial charge is 0.218 e. The molecule has 0 atom stereocenters. The third-order valence-electron chi connectivity index (χ3n) is 3.02. The van der Waals surface area contributed by atoms with E-state index in [0.29, 0.717) is 17.8 Å². The van der Waals surface area contributed by atoms with Gasteiger partial charge in [-0.1, -0.05) is 42.5 Å². The van der Waals surface area contributed by atoms with Crippen LogP contribution >= 0.6 is 0 Å². The molecule has 0 amide bonds. The summed E-state index contributed by atoms with van der Waals surface area (Å²) >= 11 is 0. The van der Waals surface area contributed by atoms with Crippen molar-refractivity contribution < 1.29 is 8.42 Å². The standard InChI is InChI=1S/C15H18N2O2S/c1-17(11-13-6-3-2-4-7-13)20(18,19)12-14-8-5-9-15(16)10-14/h2-10H,11-12,16H2,1H3. The van der Waals surface area contributed by atoms with Gasteiger partial charge in [0.1, 0.15) is 0 Å². The minimum atomic E-state index is -3.35. The molecular formula is C15H18N2O2S. The highest BCUT2D eigenvalue weighted by Crippen LogP contribution is 2.14. The Morgan fingerprint density at radius 1 is 1.00 bits per heavy atom. The van der Waals surface area contributed by atoms with E-state index in [1.165, 1.54) is 4.31 Å². The fourth-order valence-electron chi connectivity index (χ4n) is 1.94. The van der Waals surface area contributed by atoms with Crippen LogP contribution in [0.15, 0.2) is 54.6 Å². The van der Waals surface area contributed by atoms with Gasteiger partial charge in [-0.15, -0.1) is 0 Å². The average Bonchev–Trinajstić information content (AvgIpc) is 2.39. The van der Waals surface area contributed by atoms with Gasteiger partial charge < -0.3 is 5.73 Å². The third kappa shape index (κ3) is 3.82. The van der Waals surface area contributed by atoms with Crippen LogP contribution in [-0.4, -0.2) is 19.8 Å². The number of anilines is 1. The summed E-state index contributed by atoms with van der Waals surface area (Å²) in [7, 11) is -1.76. The Bertz CT molecular complexity index is 669. The first-order valence-electron chi connectivity index (χ1n) is 6.30. The van der Waals surface area contributed by atoms with E-state index in [1.807, 2.05) is 30.3 Å². The number of sulfonamides is 1. The van der Waals surface area contributed by atoms with Crippen molar-refractivity contribution >= 4 is 15.7 Å². The Kier molecular flexibility index (Phi) is 4.42.